The SMILES string of the molecule is Cc1ccnc(S(=O)CC2CCCCN2)c1. The molecule has 2 unspecified atom stereocenters. The molecule has 88 valence electrons. The van der Waals surface area contributed by atoms with Gasteiger partial charge in [0, 0.05) is 18.0 Å². The van der Waals surface area contributed by atoms with Gasteiger partial charge in [-0.2, -0.15) is 0 Å². The van der Waals surface area contributed by atoms with Gasteiger partial charge in [-0.25, -0.2) is 4.98 Å². The van der Waals surface area contributed by atoms with Crippen LogP contribution in [-0.4, -0.2) is 27.5 Å². The van der Waals surface area contributed by atoms with E-state index in [1.807, 2.05) is 19.1 Å². The second-order valence-electron chi connectivity index (χ2n) is 4.33. The molecule has 4 heteroatoms. The minimum atomic E-state index is -0.965. The molecule has 0 amide bonds. The summed E-state index contributed by atoms with van der Waals surface area (Å²) in [7, 11) is -0.965. The van der Waals surface area contributed by atoms with Crippen LogP contribution in [0.2, 0.25) is 0 Å². The Labute approximate surface area is 99.1 Å². The summed E-state index contributed by atoms with van der Waals surface area (Å²) in [6.45, 7) is 3.06. The number of aromatic nitrogens is 1. The Morgan fingerprint density at radius 2 is 2.44 bits per heavy atom. The molecule has 3 nitrogen and oxygen atoms in total. The summed E-state index contributed by atoms with van der Waals surface area (Å²) in [5, 5.41) is 4.13. The van der Waals surface area contributed by atoms with E-state index in [9.17, 15) is 4.21 Å². The van der Waals surface area contributed by atoms with Crippen LogP contribution in [0.25, 0.3) is 0 Å². The minimum absolute atomic E-state index is 0.400. The molecule has 0 saturated carbocycles. The molecule has 1 aromatic heterocycles. The molecule has 0 bridgehead atoms. The molecule has 1 N–H and O–H groups in total. The maximum atomic E-state index is 12.1. The lowest BCUT2D eigenvalue weighted by molar-refractivity contribution is 0.427. The van der Waals surface area contributed by atoms with Crippen LogP contribution < -0.4 is 5.32 Å². The predicted molar refractivity (Wildman–Crippen MR) is 65.9 cm³/mol. The Kier molecular flexibility index (Phi) is 4.07. The van der Waals surface area contributed by atoms with Gasteiger partial charge in [0.1, 0.15) is 5.03 Å². The number of piperidine rings is 1. The Morgan fingerprint density at radius 3 is 3.12 bits per heavy atom. The van der Waals surface area contributed by atoms with Crippen LogP contribution in [0.15, 0.2) is 23.4 Å². The smallest absolute Gasteiger partial charge is 0.127 e. The van der Waals surface area contributed by atoms with E-state index in [0.717, 1.165) is 18.5 Å². The van der Waals surface area contributed by atoms with Gasteiger partial charge in [-0.1, -0.05) is 6.42 Å². The Morgan fingerprint density at radius 1 is 1.56 bits per heavy atom. The number of nitrogens with one attached hydrogen (secondary N) is 1. The minimum Gasteiger partial charge on any atom is -0.313 e. The van der Waals surface area contributed by atoms with Crippen LogP contribution in [0.1, 0.15) is 24.8 Å². The van der Waals surface area contributed by atoms with Gasteiger partial charge < -0.3 is 5.32 Å². The lowest BCUT2D eigenvalue weighted by Crippen LogP contribution is -2.38. The molecule has 2 rings (SSSR count). The van der Waals surface area contributed by atoms with Crippen LogP contribution in [0.5, 0.6) is 0 Å². The van der Waals surface area contributed by atoms with Crippen molar-refractivity contribution in [3.8, 4) is 0 Å². The summed E-state index contributed by atoms with van der Waals surface area (Å²) in [4.78, 5) is 4.18. The Balaban J connectivity index is 1.97. The van der Waals surface area contributed by atoms with Crippen LogP contribution in [0.4, 0.5) is 0 Å². The molecule has 16 heavy (non-hydrogen) atoms. The topological polar surface area (TPSA) is 42.0 Å². The summed E-state index contributed by atoms with van der Waals surface area (Å²) in [5.74, 6) is 0.691. The van der Waals surface area contributed by atoms with E-state index in [2.05, 4.69) is 10.3 Å². The number of hydrogen-bond acceptors (Lipinski definition) is 3. The standard InChI is InChI=1S/C12H18N2OS/c1-10-5-7-14-12(8-10)16(15)9-11-4-2-3-6-13-11/h5,7-8,11,13H,2-4,6,9H2,1H3. The van der Waals surface area contributed by atoms with Crippen LogP contribution >= 0.6 is 0 Å². The molecule has 2 heterocycles. The van der Waals surface area contributed by atoms with Gasteiger partial charge in [-0.3, -0.25) is 4.21 Å². The second kappa shape index (κ2) is 5.55. The van der Waals surface area contributed by atoms with Crippen molar-refractivity contribution in [1.29, 1.82) is 0 Å². The zero-order chi connectivity index (χ0) is 11.4. The first-order chi connectivity index (χ1) is 7.75. The largest absolute Gasteiger partial charge is 0.313 e. The molecule has 0 spiro atoms. The number of pyridine rings is 1. The summed E-state index contributed by atoms with van der Waals surface area (Å²) < 4.78 is 12.1. The van der Waals surface area contributed by atoms with Crippen molar-refractivity contribution in [3.05, 3.63) is 23.9 Å². The first-order valence-corrected chi connectivity index (χ1v) is 7.12. The third-order valence-electron chi connectivity index (χ3n) is 2.89. The quantitative estimate of drug-likeness (QED) is 0.870. The summed E-state index contributed by atoms with van der Waals surface area (Å²) >= 11 is 0. The first-order valence-electron chi connectivity index (χ1n) is 5.80. The summed E-state index contributed by atoms with van der Waals surface area (Å²) in [6.07, 6.45) is 5.36. The highest BCUT2D eigenvalue weighted by atomic mass is 32.2. The fraction of sp³-hybridized carbons (Fsp3) is 0.583. The van der Waals surface area contributed by atoms with Crippen molar-refractivity contribution >= 4 is 10.8 Å². The van der Waals surface area contributed by atoms with Gasteiger partial charge in [-0.05, 0) is 44.0 Å². The number of hydrogen-bond donors (Lipinski definition) is 1. The molecule has 0 radical (unpaired) electrons. The molecular weight excluding hydrogens is 220 g/mol. The van der Waals surface area contributed by atoms with Crippen molar-refractivity contribution in [1.82, 2.24) is 10.3 Å². The number of nitrogens with zero attached hydrogens (tertiary/aromatic N) is 1. The predicted octanol–water partition coefficient (Wildman–Crippen LogP) is 1.64. The highest BCUT2D eigenvalue weighted by Crippen LogP contribution is 2.12. The van der Waals surface area contributed by atoms with Crippen molar-refractivity contribution in [3.63, 3.8) is 0 Å². The fourth-order valence-corrected chi connectivity index (χ4v) is 3.28. The maximum Gasteiger partial charge on any atom is 0.127 e. The summed E-state index contributed by atoms with van der Waals surface area (Å²) in [5.41, 5.74) is 1.12. The molecule has 2 atom stereocenters. The molecule has 1 aliphatic heterocycles. The van der Waals surface area contributed by atoms with Gasteiger partial charge in [0.2, 0.25) is 0 Å². The average Bonchev–Trinajstić information content (AvgIpc) is 2.30. The van der Waals surface area contributed by atoms with Crippen LogP contribution in [-0.2, 0) is 10.8 Å². The van der Waals surface area contributed by atoms with E-state index in [-0.39, 0.29) is 0 Å². The molecule has 1 aliphatic rings. The Hall–Kier alpha value is -0.740. The second-order valence-corrected chi connectivity index (χ2v) is 5.77. The normalized spacial score (nSPS) is 22.9. The van der Waals surface area contributed by atoms with E-state index in [0.29, 0.717) is 16.8 Å². The highest BCUT2D eigenvalue weighted by molar-refractivity contribution is 7.85. The van der Waals surface area contributed by atoms with Crippen molar-refractivity contribution < 1.29 is 4.21 Å². The van der Waals surface area contributed by atoms with Gasteiger partial charge in [0.25, 0.3) is 0 Å². The van der Waals surface area contributed by atoms with Crippen molar-refractivity contribution in [2.24, 2.45) is 0 Å². The van der Waals surface area contributed by atoms with E-state index in [4.69, 9.17) is 0 Å². The van der Waals surface area contributed by atoms with Crippen molar-refractivity contribution in [2.45, 2.75) is 37.3 Å². The van der Waals surface area contributed by atoms with Gasteiger partial charge in [0.15, 0.2) is 0 Å². The Bertz CT molecular complexity index is 375. The van der Waals surface area contributed by atoms with Gasteiger partial charge in [0.05, 0.1) is 10.8 Å². The monoisotopic (exact) mass is 238 g/mol. The fourth-order valence-electron chi connectivity index (χ4n) is 1.97. The van der Waals surface area contributed by atoms with Gasteiger partial charge >= 0.3 is 0 Å². The zero-order valence-corrected chi connectivity index (χ0v) is 10.4. The van der Waals surface area contributed by atoms with E-state index in [1.165, 1.54) is 12.8 Å². The first kappa shape index (κ1) is 11.7. The van der Waals surface area contributed by atoms with E-state index < -0.39 is 10.8 Å². The molecule has 1 fully saturated rings. The third-order valence-corrected chi connectivity index (χ3v) is 4.28. The van der Waals surface area contributed by atoms with Crippen LogP contribution in [0, 0.1) is 6.92 Å². The van der Waals surface area contributed by atoms with Crippen LogP contribution in [0.3, 0.4) is 0 Å². The van der Waals surface area contributed by atoms with E-state index in [1.54, 1.807) is 6.20 Å². The summed E-state index contributed by atoms with van der Waals surface area (Å²) in [6, 6.07) is 4.25. The van der Waals surface area contributed by atoms with Crippen molar-refractivity contribution in [2.75, 3.05) is 12.3 Å². The molecular formula is C12H18N2OS. The number of aryl methyl sites for hydroxylation is 1. The molecule has 0 aliphatic carbocycles. The zero-order valence-electron chi connectivity index (χ0n) is 9.61. The van der Waals surface area contributed by atoms with Gasteiger partial charge in [-0.15, -0.1) is 0 Å². The van der Waals surface area contributed by atoms with E-state index >= 15 is 0 Å². The lowest BCUT2D eigenvalue weighted by atomic mass is 10.1. The lowest BCUT2D eigenvalue weighted by Gasteiger charge is -2.22. The average molecular weight is 238 g/mol. The highest BCUT2D eigenvalue weighted by Gasteiger charge is 2.17. The maximum absolute atomic E-state index is 12.1. The molecule has 1 aromatic rings. The third kappa shape index (κ3) is 3.12. The number of rotatable bonds is 3. The molecule has 0 aromatic carbocycles. The molecule has 1 saturated heterocycles.